The van der Waals surface area contributed by atoms with Crippen LogP contribution >= 0.6 is 0 Å². The van der Waals surface area contributed by atoms with Crippen molar-refractivity contribution >= 4 is 11.0 Å². The van der Waals surface area contributed by atoms with Crippen LogP contribution in [0, 0.1) is 6.92 Å². The Kier molecular flexibility index (Phi) is 5.69. The molecule has 1 aliphatic heterocycles. The fourth-order valence-corrected chi connectivity index (χ4v) is 3.81. The van der Waals surface area contributed by atoms with Crippen molar-refractivity contribution in [3.63, 3.8) is 0 Å². The summed E-state index contributed by atoms with van der Waals surface area (Å²) in [4.78, 5) is 15.5. The molecule has 0 radical (unpaired) electrons. The van der Waals surface area contributed by atoms with Crippen LogP contribution in [0.2, 0.25) is 0 Å². The van der Waals surface area contributed by atoms with Crippen LogP contribution in [0.3, 0.4) is 0 Å². The highest BCUT2D eigenvalue weighted by molar-refractivity contribution is 5.86. The van der Waals surface area contributed by atoms with E-state index in [9.17, 15) is 4.79 Å². The summed E-state index contributed by atoms with van der Waals surface area (Å²) >= 11 is 0. The normalized spacial score (nSPS) is 14.2. The lowest BCUT2D eigenvalue weighted by Crippen LogP contribution is -2.33. The predicted octanol–water partition coefficient (Wildman–Crippen LogP) is 4.74. The molecule has 5 heteroatoms. The molecule has 0 saturated heterocycles. The molecule has 0 spiro atoms. The van der Waals surface area contributed by atoms with E-state index in [4.69, 9.17) is 13.9 Å². The lowest BCUT2D eigenvalue weighted by atomic mass is 10.0. The number of benzene rings is 2. The summed E-state index contributed by atoms with van der Waals surface area (Å²) in [6.45, 7) is 8.76. The standard InChI is InChI=1S/C24H27NO4/c1-16(2)27-13-7-12-25-14-20-21(28-15-25)11-10-19-23(26)22(17(3)29-24(19)20)18-8-5-4-6-9-18/h4-6,8-11,16H,7,12-15H2,1-3H3. The number of rotatable bonds is 6. The Morgan fingerprint density at radius 2 is 1.93 bits per heavy atom. The Morgan fingerprint density at radius 3 is 2.69 bits per heavy atom. The zero-order valence-corrected chi connectivity index (χ0v) is 17.2. The van der Waals surface area contributed by atoms with Crippen LogP contribution in [0.4, 0.5) is 0 Å². The molecule has 3 aromatic rings. The van der Waals surface area contributed by atoms with Gasteiger partial charge >= 0.3 is 0 Å². The second-order valence-corrected chi connectivity index (χ2v) is 7.75. The third-order valence-corrected chi connectivity index (χ3v) is 5.21. The number of ether oxygens (including phenoxy) is 2. The van der Waals surface area contributed by atoms with Gasteiger partial charge in [0.1, 0.15) is 23.8 Å². The topological polar surface area (TPSA) is 51.9 Å². The van der Waals surface area contributed by atoms with Crippen molar-refractivity contribution in [1.29, 1.82) is 0 Å². The summed E-state index contributed by atoms with van der Waals surface area (Å²) in [5, 5.41) is 0.599. The van der Waals surface area contributed by atoms with Gasteiger partial charge in [-0.1, -0.05) is 30.3 Å². The van der Waals surface area contributed by atoms with Crippen molar-refractivity contribution in [3.8, 4) is 16.9 Å². The first-order chi connectivity index (χ1) is 14.0. The van der Waals surface area contributed by atoms with E-state index < -0.39 is 0 Å². The molecule has 0 fully saturated rings. The van der Waals surface area contributed by atoms with E-state index in [2.05, 4.69) is 4.90 Å². The molecule has 5 nitrogen and oxygen atoms in total. The largest absolute Gasteiger partial charge is 0.478 e. The van der Waals surface area contributed by atoms with Crippen LogP contribution in [-0.4, -0.2) is 30.9 Å². The zero-order valence-electron chi connectivity index (χ0n) is 17.2. The fraction of sp³-hybridized carbons (Fsp3) is 0.375. The Labute approximate surface area is 170 Å². The molecule has 152 valence electrons. The average Bonchev–Trinajstić information content (AvgIpc) is 2.72. The maximum Gasteiger partial charge on any atom is 0.200 e. The van der Waals surface area contributed by atoms with Gasteiger partial charge in [0, 0.05) is 19.7 Å². The first kappa shape index (κ1) is 19.7. The van der Waals surface area contributed by atoms with E-state index in [1.54, 1.807) is 0 Å². The van der Waals surface area contributed by atoms with Gasteiger partial charge in [-0.2, -0.15) is 0 Å². The van der Waals surface area contributed by atoms with Gasteiger partial charge in [-0.15, -0.1) is 0 Å². The molecule has 1 aliphatic rings. The van der Waals surface area contributed by atoms with E-state index in [0.29, 0.717) is 35.6 Å². The van der Waals surface area contributed by atoms with E-state index >= 15 is 0 Å². The molecule has 0 saturated carbocycles. The van der Waals surface area contributed by atoms with Crippen molar-refractivity contribution in [2.24, 2.45) is 0 Å². The highest BCUT2D eigenvalue weighted by Crippen LogP contribution is 2.33. The monoisotopic (exact) mass is 393 g/mol. The molecule has 2 heterocycles. The van der Waals surface area contributed by atoms with Crippen LogP contribution in [-0.2, 0) is 11.3 Å². The van der Waals surface area contributed by atoms with Crippen molar-refractivity contribution < 1.29 is 13.9 Å². The number of hydrogen-bond acceptors (Lipinski definition) is 5. The van der Waals surface area contributed by atoms with Crippen molar-refractivity contribution in [1.82, 2.24) is 4.90 Å². The summed E-state index contributed by atoms with van der Waals surface area (Å²) in [6, 6.07) is 13.4. The number of nitrogens with zero attached hydrogens (tertiary/aromatic N) is 1. The van der Waals surface area contributed by atoms with Crippen LogP contribution in [0.5, 0.6) is 5.75 Å². The van der Waals surface area contributed by atoms with Crippen LogP contribution in [0.15, 0.2) is 51.7 Å². The molecule has 1 aromatic heterocycles. The van der Waals surface area contributed by atoms with Gasteiger partial charge in [-0.3, -0.25) is 9.69 Å². The minimum atomic E-state index is 0.000192. The molecule has 0 amide bonds. The first-order valence-corrected chi connectivity index (χ1v) is 10.2. The molecule has 0 aliphatic carbocycles. The van der Waals surface area contributed by atoms with Crippen LogP contribution in [0.25, 0.3) is 22.1 Å². The third kappa shape index (κ3) is 4.07. The minimum absolute atomic E-state index is 0.000192. The summed E-state index contributed by atoms with van der Waals surface area (Å²) in [5.41, 5.74) is 3.07. The summed E-state index contributed by atoms with van der Waals surface area (Å²) < 4.78 is 17.8. The Bertz CT molecular complexity index is 1060. The maximum absolute atomic E-state index is 13.3. The molecule has 0 N–H and O–H groups in total. The van der Waals surface area contributed by atoms with Gasteiger partial charge in [0.15, 0.2) is 0 Å². The Balaban J connectivity index is 1.66. The number of aryl methyl sites for hydroxylation is 1. The van der Waals surface area contributed by atoms with Gasteiger partial charge in [0.05, 0.1) is 22.6 Å². The van der Waals surface area contributed by atoms with Gasteiger partial charge in [0.2, 0.25) is 5.43 Å². The van der Waals surface area contributed by atoms with E-state index in [1.165, 1.54) is 0 Å². The molecule has 0 unspecified atom stereocenters. The van der Waals surface area contributed by atoms with Crippen molar-refractivity contribution in [2.75, 3.05) is 19.9 Å². The first-order valence-electron chi connectivity index (χ1n) is 10.2. The Morgan fingerprint density at radius 1 is 1.14 bits per heavy atom. The number of fused-ring (bicyclic) bond motifs is 3. The lowest BCUT2D eigenvalue weighted by molar-refractivity contribution is 0.0525. The molecule has 0 atom stereocenters. The Hall–Kier alpha value is -2.63. The zero-order chi connectivity index (χ0) is 20.4. The predicted molar refractivity (Wildman–Crippen MR) is 114 cm³/mol. The molecule has 29 heavy (non-hydrogen) atoms. The lowest BCUT2D eigenvalue weighted by Gasteiger charge is -2.29. The van der Waals surface area contributed by atoms with Crippen molar-refractivity contribution in [3.05, 3.63) is 64.0 Å². The molecular weight excluding hydrogens is 366 g/mol. The second-order valence-electron chi connectivity index (χ2n) is 7.75. The van der Waals surface area contributed by atoms with Gasteiger partial charge in [-0.05, 0) is 44.9 Å². The highest BCUT2D eigenvalue weighted by atomic mass is 16.5. The summed E-state index contributed by atoms with van der Waals surface area (Å²) in [6.07, 6.45) is 1.18. The third-order valence-electron chi connectivity index (χ3n) is 5.21. The highest BCUT2D eigenvalue weighted by Gasteiger charge is 2.23. The van der Waals surface area contributed by atoms with Gasteiger partial charge in [-0.25, -0.2) is 0 Å². The van der Waals surface area contributed by atoms with E-state index in [1.807, 2.05) is 63.2 Å². The smallest absolute Gasteiger partial charge is 0.200 e. The molecule has 2 aromatic carbocycles. The SMILES string of the molecule is Cc1oc2c3c(ccc2c(=O)c1-c1ccccc1)OCN(CCCOC(C)C)C3. The number of hydrogen-bond donors (Lipinski definition) is 0. The quantitative estimate of drug-likeness (QED) is 0.567. The molecule has 0 bridgehead atoms. The second kappa shape index (κ2) is 8.39. The van der Waals surface area contributed by atoms with Crippen LogP contribution < -0.4 is 10.2 Å². The van der Waals surface area contributed by atoms with Gasteiger partial charge in [0.25, 0.3) is 0 Å². The average molecular weight is 393 g/mol. The van der Waals surface area contributed by atoms with E-state index in [0.717, 1.165) is 36.4 Å². The van der Waals surface area contributed by atoms with Crippen molar-refractivity contribution in [2.45, 2.75) is 39.8 Å². The molecule has 4 rings (SSSR count). The maximum atomic E-state index is 13.3. The fourth-order valence-electron chi connectivity index (χ4n) is 3.81. The van der Waals surface area contributed by atoms with E-state index in [-0.39, 0.29) is 11.5 Å². The minimum Gasteiger partial charge on any atom is -0.478 e. The summed E-state index contributed by atoms with van der Waals surface area (Å²) in [7, 11) is 0. The summed E-state index contributed by atoms with van der Waals surface area (Å²) in [5.74, 6) is 1.42. The molecular formula is C24H27NO4. The van der Waals surface area contributed by atoms with Gasteiger partial charge < -0.3 is 13.9 Å². The van der Waals surface area contributed by atoms with Crippen LogP contribution in [0.1, 0.15) is 31.6 Å².